The molecule has 2 rings (SSSR count). The molecule has 0 bridgehead atoms. The van der Waals surface area contributed by atoms with Crippen LogP contribution >= 0.6 is 43.2 Å². The molecule has 0 aliphatic rings. The third-order valence-corrected chi connectivity index (χ3v) is 4.65. The van der Waals surface area contributed by atoms with Crippen molar-refractivity contribution in [3.8, 4) is 0 Å². The smallest absolute Gasteiger partial charge is 0.0696 e. The van der Waals surface area contributed by atoms with E-state index in [-0.39, 0.29) is 6.61 Å². The monoisotopic (exact) mass is 334 g/mol. The van der Waals surface area contributed by atoms with Crippen LogP contribution in [-0.4, -0.2) is 5.11 Å². The number of alkyl halides is 1. The predicted octanol–water partition coefficient (Wildman–Crippen LogP) is 4.05. The molecule has 0 saturated heterocycles. The van der Waals surface area contributed by atoms with E-state index in [1.54, 1.807) is 11.3 Å². The molecule has 0 radical (unpaired) electrons. The summed E-state index contributed by atoms with van der Waals surface area (Å²) in [7, 11) is 0. The molecule has 0 saturated carbocycles. The Bertz CT molecular complexity index is 464. The molecular weight excluding hydrogens is 328 g/mol. The number of hydrogen-bond acceptors (Lipinski definition) is 2. The summed E-state index contributed by atoms with van der Waals surface area (Å²) in [5.41, 5.74) is 2.21. The number of hydrogen-bond donors (Lipinski definition) is 1. The highest BCUT2D eigenvalue weighted by Crippen LogP contribution is 2.35. The second-order valence-corrected chi connectivity index (χ2v) is 5.23. The van der Waals surface area contributed by atoms with E-state index in [0.717, 1.165) is 20.8 Å². The Kier molecular flexibility index (Phi) is 3.27. The van der Waals surface area contributed by atoms with Crippen LogP contribution in [0.25, 0.3) is 10.1 Å². The predicted molar refractivity (Wildman–Crippen MR) is 68.1 cm³/mol. The van der Waals surface area contributed by atoms with Crippen molar-refractivity contribution in [3.05, 3.63) is 33.1 Å². The Morgan fingerprint density at radius 3 is 2.71 bits per heavy atom. The number of aliphatic hydroxyl groups excluding tert-OH is 1. The maximum absolute atomic E-state index is 9.19. The Labute approximate surface area is 103 Å². The first-order valence-electron chi connectivity index (χ1n) is 4.12. The second kappa shape index (κ2) is 4.31. The zero-order valence-corrected chi connectivity index (χ0v) is 11.2. The fourth-order valence-corrected chi connectivity index (χ4v) is 4.09. The number of fused-ring (bicyclic) bond motifs is 1. The Morgan fingerprint density at radius 1 is 1.29 bits per heavy atom. The van der Waals surface area contributed by atoms with Gasteiger partial charge in [0, 0.05) is 19.9 Å². The van der Waals surface area contributed by atoms with Gasteiger partial charge in [-0.05, 0) is 38.5 Å². The van der Waals surface area contributed by atoms with E-state index in [0.29, 0.717) is 0 Å². The lowest BCUT2D eigenvalue weighted by Crippen LogP contribution is -1.84. The highest BCUT2D eigenvalue weighted by Gasteiger charge is 2.09. The number of benzene rings is 1. The molecule has 1 aromatic heterocycles. The van der Waals surface area contributed by atoms with Crippen molar-refractivity contribution in [1.82, 2.24) is 0 Å². The third kappa shape index (κ3) is 1.65. The van der Waals surface area contributed by atoms with E-state index in [4.69, 9.17) is 0 Å². The van der Waals surface area contributed by atoms with Gasteiger partial charge in [0.05, 0.1) is 6.61 Å². The van der Waals surface area contributed by atoms with Crippen molar-refractivity contribution >= 4 is 53.3 Å². The molecule has 0 aliphatic carbocycles. The molecule has 1 nitrogen and oxygen atoms in total. The Morgan fingerprint density at radius 2 is 2.07 bits per heavy atom. The molecule has 4 heteroatoms. The molecular formula is C10H8Br2OS. The molecule has 0 amide bonds. The van der Waals surface area contributed by atoms with Crippen molar-refractivity contribution in [2.75, 3.05) is 0 Å². The van der Waals surface area contributed by atoms with Gasteiger partial charge in [0.2, 0.25) is 0 Å². The van der Waals surface area contributed by atoms with Crippen LogP contribution in [0.5, 0.6) is 0 Å². The zero-order chi connectivity index (χ0) is 10.1. The summed E-state index contributed by atoms with van der Waals surface area (Å²) < 4.78 is 2.31. The minimum atomic E-state index is 0.102. The van der Waals surface area contributed by atoms with Gasteiger partial charge in [0.15, 0.2) is 0 Å². The summed E-state index contributed by atoms with van der Waals surface area (Å²) in [4.78, 5) is 0. The van der Waals surface area contributed by atoms with Crippen LogP contribution in [0, 0.1) is 0 Å². The fraction of sp³-hybridized carbons (Fsp3) is 0.200. The average Bonchev–Trinajstić information content (AvgIpc) is 2.62. The molecule has 2 aromatic rings. The Balaban J connectivity index is 2.77. The van der Waals surface area contributed by atoms with Crippen molar-refractivity contribution in [2.24, 2.45) is 0 Å². The van der Waals surface area contributed by atoms with E-state index >= 15 is 0 Å². The lowest BCUT2D eigenvalue weighted by molar-refractivity contribution is 0.284. The van der Waals surface area contributed by atoms with Crippen molar-refractivity contribution in [2.45, 2.75) is 11.9 Å². The van der Waals surface area contributed by atoms with Gasteiger partial charge < -0.3 is 5.11 Å². The summed E-state index contributed by atoms with van der Waals surface area (Å²) >= 11 is 8.68. The van der Waals surface area contributed by atoms with Crippen LogP contribution in [0.1, 0.15) is 11.1 Å². The number of halogens is 2. The second-order valence-electron chi connectivity index (χ2n) is 2.96. The van der Waals surface area contributed by atoms with Crippen molar-refractivity contribution in [1.29, 1.82) is 0 Å². The molecule has 1 N–H and O–H groups in total. The SMILES string of the molecule is OCc1csc2ccc(CBr)c(Br)c12. The zero-order valence-electron chi connectivity index (χ0n) is 7.26. The lowest BCUT2D eigenvalue weighted by Gasteiger charge is -2.03. The molecule has 0 aliphatic heterocycles. The molecule has 1 aromatic carbocycles. The number of aliphatic hydroxyl groups is 1. The van der Waals surface area contributed by atoms with Crippen LogP contribution < -0.4 is 0 Å². The summed E-state index contributed by atoms with van der Waals surface area (Å²) in [6.45, 7) is 0.102. The van der Waals surface area contributed by atoms with Gasteiger partial charge in [-0.3, -0.25) is 0 Å². The van der Waals surface area contributed by atoms with E-state index < -0.39 is 0 Å². The average molecular weight is 336 g/mol. The molecule has 14 heavy (non-hydrogen) atoms. The summed E-state index contributed by atoms with van der Waals surface area (Å²) in [5.74, 6) is 0. The van der Waals surface area contributed by atoms with Gasteiger partial charge in [-0.2, -0.15) is 0 Å². The molecule has 0 fully saturated rings. The standard InChI is InChI=1S/C10H8Br2OS/c11-3-6-1-2-8-9(10(6)12)7(4-13)5-14-8/h1-2,5,13H,3-4H2. The van der Waals surface area contributed by atoms with E-state index in [2.05, 4.69) is 44.0 Å². The number of thiophene rings is 1. The summed E-state index contributed by atoms with van der Waals surface area (Å²) in [6.07, 6.45) is 0. The van der Waals surface area contributed by atoms with Gasteiger partial charge in [-0.15, -0.1) is 11.3 Å². The van der Waals surface area contributed by atoms with Crippen LogP contribution in [-0.2, 0) is 11.9 Å². The molecule has 0 atom stereocenters. The minimum absolute atomic E-state index is 0.102. The van der Waals surface area contributed by atoms with Crippen molar-refractivity contribution < 1.29 is 5.11 Å². The lowest BCUT2D eigenvalue weighted by atomic mass is 10.1. The van der Waals surface area contributed by atoms with Gasteiger partial charge >= 0.3 is 0 Å². The molecule has 74 valence electrons. The van der Waals surface area contributed by atoms with Gasteiger partial charge in [-0.1, -0.05) is 22.0 Å². The fourth-order valence-electron chi connectivity index (χ4n) is 1.41. The van der Waals surface area contributed by atoms with Crippen molar-refractivity contribution in [3.63, 3.8) is 0 Å². The van der Waals surface area contributed by atoms with Gasteiger partial charge in [0.25, 0.3) is 0 Å². The first-order chi connectivity index (χ1) is 6.77. The highest BCUT2D eigenvalue weighted by atomic mass is 79.9. The van der Waals surface area contributed by atoms with Gasteiger partial charge in [-0.25, -0.2) is 0 Å². The van der Waals surface area contributed by atoms with Crippen LogP contribution in [0.3, 0.4) is 0 Å². The maximum atomic E-state index is 9.19. The minimum Gasteiger partial charge on any atom is -0.392 e. The number of rotatable bonds is 2. The first kappa shape index (κ1) is 10.6. The summed E-state index contributed by atoms with van der Waals surface area (Å²) in [6, 6.07) is 4.19. The Hall–Kier alpha value is 0.1000. The third-order valence-electron chi connectivity index (χ3n) is 2.15. The van der Waals surface area contributed by atoms with Crippen LogP contribution in [0.2, 0.25) is 0 Å². The van der Waals surface area contributed by atoms with E-state index in [9.17, 15) is 5.11 Å². The van der Waals surface area contributed by atoms with E-state index in [1.807, 2.05) is 5.38 Å². The normalized spacial score (nSPS) is 11.1. The van der Waals surface area contributed by atoms with E-state index in [1.165, 1.54) is 10.3 Å². The first-order valence-corrected chi connectivity index (χ1v) is 6.91. The summed E-state index contributed by atoms with van der Waals surface area (Å²) in [5, 5.41) is 13.2. The topological polar surface area (TPSA) is 20.2 Å². The molecule has 1 heterocycles. The largest absolute Gasteiger partial charge is 0.392 e. The highest BCUT2D eigenvalue weighted by molar-refractivity contribution is 9.11. The molecule has 0 spiro atoms. The van der Waals surface area contributed by atoms with Gasteiger partial charge in [0.1, 0.15) is 0 Å². The van der Waals surface area contributed by atoms with Crippen LogP contribution in [0.4, 0.5) is 0 Å². The maximum Gasteiger partial charge on any atom is 0.0696 e. The quantitative estimate of drug-likeness (QED) is 0.821. The van der Waals surface area contributed by atoms with Crippen LogP contribution in [0.15, 0.2) is 22.0 Å². The molecule has 0 unspecified atom stereocenters.